The highest BCUT2D eigenvalue weighted by atomic mass is 32.2. The molecule has 94 valence electrons. The Kier molecular flexibility index (Phi) is 4.93. The summed E-state index contributed by atoms with van der Waals surface area (Å²) in [5, 5.41) is 3.77. The fourth-order valence-corrected chi connectivity index (χ4v) is 3.02. The molecule has 1 aromatic carbocycles. The van der Waals surface area contributed by atoms with E-state index >= 15 is 0 Å². The molecule has 0 aromatic heterocycles. The lowest BCUT2D eigenvalue weighted by molar-refractivity contribution is 0.347. The number of nitrogens with one attached hydrogen (secondary N) is 1. The van der Waals surface area contributed by atoms with E-state index in [1.54, 1.807) is 11.8 Å². The van der Waals surface area contributed by atoms with E-state index in [1.807, 2.05) is 0 Å². The monoisotopic (exact) mass is 249 g/mol. The van der Waals surface area contributed by atoms with Crippen molar-refractivity contribution in [2.24, 2.45) is 0 Å². The lowest BCUT2D eigenvalue weighted by Gasteiger charge is -2.26. The van der Waals surface area contributed by atoms with Crippen LogP contribution >= 0.6 is 11.8 Å². The summed E-state index contributed by atoms with van der Waals surface area (Å²) in [4.78, 5) is 1.35. The van der Waals surface area contributed by atoms with Crippen molar-refractivity contribution in [1.82, 2.24) is 5.32 Å². The Hall–Kier alpha value is -0.470. The van der Waals surface area contributed by atoms with Gasteiger partial charge in [-0.15, -0.1) is 11.8 Å². The van der Waals surface area contributed by atoms with Crippen molar-refractivity contribution < 1.29 is 0 Å². The molecule has 1 aliphatic carbocycles. The van der Waals surface area contributed by atoms with Gasteiger partial charge in [0, 0.05) is 17.0 Å². The number of hydrogen-bond acceptors (Lipinski definition) is 2. The Balaban J connectivity index is 1.91. The molecule has 0 bridgehead atoms. The molecule has 1 nitrogen and oxygen atoms in total. The Morgan fingerprint density at radius 3 is 2.35 bits per heavy atom. The SMILES string of the molecule is CSc1ccc(C(C)NC2CCCCC2)cc1. The highest BCUT2D eigenvalue weighted by molar-refractivity contribution is 7.98. The summed E-state index contributed by atoms with van der Waals surface area (Å²) >= 11 is 1.80. The van der Waals surface area contributed by atoms with Crippen molar-refractivity contribution in [3.05, 3.63) is 29.8 Å². The maximum Gasteiger partial charge on any atom is 0.0294 e. The van der Waals surface area contributed by atoms with Gasteiger partial charge in [-0.1, -0.05) is 31.4 Å². The van der Waals surface area contributed by atoms with E-state index in [1.165, 1.54) is 42.6 Å². The normalized spacial score (nSPS) is 19.2. The fraction of sp³-hybridized carbons (Fsp3) is 0.600. The van der Waals surface area contributed by atoms with Crippen LogP contribution in [0.25, 0.3) is 0 Å². The molecule has 0 heterocycles. The molecule has 1 fully saturated rings. The topological polar surface area (TPSA) is 12.0 Å². The van der Waals surface area contributed by atoms with Gasteiger partial charge >= 0.3 is 0 Å². The Morgan fingerprint density at radius 1 is 1.12 bits per heavy atom. The maximum absolute atomic E-state index is 3.77. The van der Waals surface area contributed by atoms with Crippen molar-refractivity contribution in [3.8, 4) is 0 Å². The number of hydrogen-bond donors (Lipinski definition) is 1. The summed E-state index contributed by atoms with van der Waals surface area (Å²) < 4.78 is 0. The van der Waals surface area contributed by atoms with Crippen molar-refractivity contribution in [2.45, 2.75) is 56.0 Å². The third-order valence-electron chi connectivity index (χ3n) is 3.71. The lowest BCUT2D eigenvalue weighted by Crippen LogP contribution is -2.33. The molecule has 2 heteroatoms. The van der Waals surface area contributed by atoms with E-state index in [9.17, 15) is 0 Å². The van der Waals surface area contributed by atoms with Crippen LogP contribution in [-0.2, 0) is 0 Å². The van der Waals surface area contributed by atoms with Crippen LogP contribution in [0.1, 0.15) is 50.6 Å². The van der Waals surface area contributed by atoms with Crippen LogP contribution in [0.5, 0.6) is 0 Å². The first-order chi connectivity index (χ1) is 8.29. The molecule has 1 aliphatic rings. The van der Waals surface area contributed by atoms with Gasteiger partial charge in [-0.25, -0.2) is 0 Å². The van der Waals surface area contributed by atoms with Crippen molar-refractivity contribution in [3.63, 3.8) is 0 Å². The molecule has 1 saturated carbocycles. The summed E-state index contributed by atoms with van der Waals surface area (Å²) in [5.74, 6) is 0. The molecule has 0 aliphatic heterocycles. The summed E-state index contributed by atoms with van der Waals surface area (Å²) in [7, 11) is 0. The molecule has 1 aromatic rings. The molecule has 0 spiro atoms. The van der Waals surface area contributed by atoms with E-state index in [2.05, 4.69) is 42.8 Å². The molecule has 1 atom stereocenters. The predicted molar refractivity (Wildman–Crippen MR) is 76.6 cm³/mol. The predicted octanol–water partition coefficient (Wildman–Crippen LogP) is 4.39. The number of rotatable bonds is 4. The van der Waals surface area contributed by atoms with Gasteiger partial charge in [-0.05, 0) is 43.7 Å². The highest BCUT2D eigenvalue weighted by Crippen LogP contribution is 2.23. The average molecular weight is 249 g/mol. The van der Waals surface area contributed by atoms with Gasteiger partial charge in [0.15, 0.2) is 0 Å². The molecule has 17 heavy (non-hydrogen) atoms. The zero-order chi connectivity index (χ0) is 12.1. The second-order valence-corrected chi connectivity index (χ2v) is 5.88. The van der Waals surface area contributed by atoms with Gasteiger partial charge in [0.1, 0.15) is 0 Å². The first-order valence-electron chi connectivity index (χ1n) is 6.69. The molecule has 1 N–H and O–H groups in total. The van der Waals surface area contributed by atoms with Crippen LogP contribution in [0.3, 0.4) is 0 Å². The van der Waals surface area contributed by atoms with E-state index in [4.69, 9.17) is 0 Å². The minimum atomic E-state index is 0.481. The maximum atomic E-state index is 3.77. The van der Waals surface area contributed by atoms with Crippen LogP contribution in [0, 0.1) is 0 Å². The highest BCUT2D eigenvalue weighted by Gasteiger charge is 2.15. The largest absolute Gasteiger partial charge is 0.307 e. The molecular formula is C15H23NS. The fourth-order valence-electron chi connectivity index (χ4n) is 2.61. The summed E-state index contributed by atoms with van der Waals surface area (Å²) in [6.07, 6.45) is 9.06. The van der Waals surface area contributed by atoms with Crippen LogP contribution in [0.15, 0.2) is 29.2 Å². The Bertz CT molecular complexity index is 327. The standard InChI is InChI=1S/C15H23NS/c1-12(16-14-6-4-3-5-7-14)13-8-10-15(17-2)11-9-13/h8-12,14,16H,3-7H2,1-2H3. The van der Waals surface area contributed by atoms with Crippen molar-refractivity contribution in [1.29, 1.82) is 0 Å². The molecule has 1 unspecified atom stereocenters. The van der Waals surface area contributed by atoms with Gasteiger partial charge in [0.05, 0.1) is 0 Å². The third kappa shape index (κ3) is 3.75. The van der Waals surface area contributed by atoms with E-state index in [0.717, 1.165) is 6.04 Å². The van der Waals surface area contributed by atoms with Crippen LogP contribution in [0.4, 0.5) is 0 Å². The zero-order valence-corrected chi connectivity index (χ0v) is 11.7. The molecular weight excluding hydrogens is 226 g/mol. The van der Waals surface area contributed by atoms with Gasteiger partial charge in [-0.3, -0.25) is 0 Å². The summed E-state index contributed by atoms with van der Waals surface area (Å²) in [6, 6.07) is 10.2. The smallest absolute Gasteiger partial charge is 0.0294 e. The first kappa shape index (κ1) is 13.0. The van der Waals surface area contributed by atoms with Gasteiger partial charge in [0.2, 0.25) is 0 Å². The second kappa shape index (κ2) is 6.46. The quantitative estimate of drug-likeness (QED) is 0.794. The minimum Gasteiger partial charge on any atom is -0.307 e. The van der Waals surface area contributed by atoms with Crippen molar-refractivity contribution in [2.75, 3.05) is 6.26 Å². The lowest BCUT2D eigenvalue weighted by atomic mass is 9.94. The number of thioether (sulfide) groups is 1. The van der Waals surface area contributed by atoms with E-state index in [0.29, 0.717) is 6.04 Å². The molecule has 0 amide bonds. The molecule has 0 saturated heterocycles. The second-order valence-electron chi connectivity index (χ2n) is 5.00. The molecule has 0 radical (unpaired) electrons. The number of benzene rings is 1. The van der Waals surface area contributed by atoms with E-state index < -0.39 is 0 Å². The molecule has 2 rings (SSSR count). The van der Waals surface area contributed by atoms with Crippen LogP contribution in [-0.4, -0.2) is 12.3 Å². The zero-order valence-electron chi connectivity index (χ0n) is 10.9. The Morgan fingerprint density at radius 2 is 1.76 bits per heavy atom. The first-order valence-corrected chi connectivity index (χ1v) is 7.92. The third-order valence-corrected chi connectivity index (χ3v) is 4.45. The van der Waals surface area contributed by atoms with Gasteiger partial charge < -0.3 is 5.32 Å². The average Bonchev–Trinajstić information content (AvgIpc) is 2.40. The Labute approximate surface area is 109 Å². The summed E-state index contributed by atoms with van der Waals surface area (Å²) in [5.41, 5.74) is 1.41. The van der Waals surface area contributed by atoms with Crippen LogP contribution < -0.4 is 5.32 Å². The van der Waals surface area contributed by atoms with Gasteiger partial charge in [-0.2, -0.15) is 0 Å². The minimum absolute atomic E-state index is 0.481. The summed E-state index contributed by atoms with van der Waals surface area (Å²) in [6.45, 7) is 2.28. The van der Waals surface area contributed by atoms with Crippen molar-refractivity contribution >= 4 is 11.8 Å². The van der Waals surface area contributed by atoms with Crippen LogP contribution in [0.2, 0.25) is 0 Å². The van der Waals surface area contributed by atoms with E-state index in [-0.39, 0.29) is 0 Å². The van der Waals surface area contributed by atoms with Gasteiger partial charge in [0.25, 0.3) is 0 Å².